The maximum Gasteiger partial charge on any atom is 0.338 e. The summed E-state index contributed by atoms with van der Waals surface area (Å²) >= 11 is 0. The molecule has 2 rings (SSSR count). The predicted molar refractivity (Wildman–Crippen MR) is 149 cm³/mol. The Kier molecular flexibility index (Phi) is 11.6. The summed E-state index contributed by atoms with van der Waals surface area (Å²) in [6.45, 7) is 14.4. The first kappa shape index (κ1) is 32.5. The van der Waals surface area contributed by atoms with Gasteiger partial charge in [-0.3, -0.25) is 4.79 Å². The molecule has 10 heteroatoms. The summed E-state index contributed by atoms with van der Waals surface area (Å²) in [6.07, 6.45) is 0. The normalized spacial score (nSPS) is 10.7. The van der Waals surface area contributed by atoms with E-state index in [0.29, 0.717) is 11.1 Å². The minimum Gasteiger partial charge on any atom is -0.462 e. The summed E-state index contributed by atoms with van der Waals surface area (Å²) in [4.78, 5) is 61.0. The summed E-state index contributed by atoms with van der Waals surface area (Å²) < 4.78 is 25.7. The zero-order valence-corrected chi connectivity index (χ0v) is 23.9. The lowest BCUT2D eigenvalue weighted by Gasteiger charge is -2.16. The Bertz CT molecular complexity index is 1330. The number of carbonyl (C=O) groups excluding carboxylic acids is 5. The van der Waals surface area contributed by atoms with E-state index >= 15 is 0 Å². The van der Waals surface area contributed by atoms with Gasteiger partial charge in [-0.05, 0) is 70.0 Å². The molecule has 0 saturated carbocycles. The van der Waals surface area contributed by atoms with Crippen LogP contribution in [-0.4, -0.2) is 56.3 Å². The zero-order chi connectivity index (χ0) is 30.7. The number of hydrogen-bond donors (Lipinski definition) is 0. The first-order valence-electron chi connectivity index (χ1n) is 12.7. The van der Waals surface area contributed by atoms with Gasteiger partial charge in [-0.2, -0.15) is 0 Å². The molecule has 0 bridgehead atoms. The molecular formula is C31H34O10. The van der Waals surface area contributed by atoms with Crippen LogP contribution in [0.5, 0.6) is 5.75 Å². The molecule has 218 valence electrons. The molecule has 41 heavy (non-hydrogen) atoms. The monoisotopic (exact) mass is 566 g/mol. The maximum absolute atomic E-state index is 13.0. The van der Waals surface area contributed by atoms with Crippen molar-refractivity contribution in [3.05, 3.63) is 77.9 Å². The van der Waals surface area contributed by atoms with Crippen molar-refractivity contribution in [2.24, 2.45) is 5.41 Å². The number of esters is 5. The summed E-state index contributed by atoms with van der Waals surface area (Å²) in [5, 5.41) is 0. The van der Waals surface area contributed by atoms with Crippen molar-refractivity contribution in [2.45, 2.75) is 34.6 Å². The van der Waals surface area contributed by atoms with Crippen molar-refractivity contribution >= 4 is 29.8 Å². The summed E-state index contributed by atoms with van der Waals surface area (Å²) in [5.41, 5.74) is 0.832. The SMILES string of the molecule is C=C(C)C(=O)OCCOC(=O)c1cc(C(=O)OCCOC(=O)C(C)(C)C)ccc1-c1ccc(OC(=O)C(=C)C)cc1. The molecule has 0 aliphatic carbocycles. The van der Waals surface area contributed by atoms with Gasteiger partial charge in [-0.1, -0.05) is 31.4 Å². The van der Waals surface area contributed by atoms with Gasteiger partial charge in [-0.15, -0.1) is 0 Å². The zero-order valence-electron chi connectivity index (χ0n) is 23.9. The molecule has 0 N–H and O–H groups in total. The molecule has 0 heterocycles. The van der Waals surface area contributed by atoms with Crippen LogP contribution >= 0.6 is 0 Å². The van der Waals surface area contributed by atoms with Gasteiger partial charge in [0, 0.05) is 11.1 Å². The van der Waals surface area contributed by atoms with Gasteiger partial charge < -0.3 is 23.7 Å². The quantitative estimate of drug-likeness (QED) is 0.115. The second-order valence-electron chi connectivity index (χ2n) is 10.0. The van der Waals surface area contributed by atoms with Crippen LogP contribution in [0.15, 0.2) is 66.8 Å². The van der Waals surface area contributed by atoms with Crippen LogP contribution in [0.1, 0.15) is 55.3 Å². The maximum atomic E-state index is 13.0. The molecule has 2 aromatic rings. The van der Waals surface area contributed by atoms with E-state index in [1.165, 1.54) is 26.0 Å². The molecule has 0 aromatic heterocycles. The Morgan fingerprint density at radius 3 is 1.78 bits per heavy atom. The van der Waals surface area contributed by atoms with Crippen molar-refractivity contribution in [1.29, 1.82) is 0 Å². The standard InChI is InChI=1S/C31H34O10/c1-19(2)26(32)37-14-15-39-29(35)25-18-22(28(34)38-16-17-40-30(36)31(5,6)7)10-13-24(25)21-8-11-23(12-9-21)41-27(33)20(3)4/h8-13,18H,1,3,14-17H2,2,4-7H3. The highest BCUT2D eigenvalue weighted by Crippen LogP contribution is 2.28. The molecule has 10 nitrogen and oxygen atoms in total. The fraction of sp³-hybridized carbons (Fsp3) is 0.323. The molecule has 0 amide bonds. The Hall–Kier alpha value is -4.73. The van der Waals surface area contributed by atoms with E-state index in [1.807, 2.05) is 0 Å². The van der Waals surface area contributed by atoms with Gasteiger partial charge in [0.2, 0.25) is 0 Å². The van der Waals surface area contributed by atoms with Crippen molar-refractivity contribution in [3.8, 4) is 16.9 Å². The lowest BCUT2D eigenvalue weighted by atomic mass is 9.97. The first-order valence-corrected chi connectivity index (χ1v) is 12.7. The summed E-state index contributed by atoms with van der Waals surface area (Å²) in [6, 6.07) is 10.7. The molecule has 0 saturated heterocycles. The number of carbonyl (C=O) groups is 5. The molecule has 2 aromatic carbocycles. The number of hydrogen-bond acceptors (Lipinski definition) is 10. The highest BCUT2D eigenvalue weighted by atomic mass is 16.6. The Morgan fingerprint density at radius 2 is 1.22 bits per heavy atom. The third kappa shape index (κ3) is 10.1. The van der Waals surface area contributed by atoms with Gasteiger partial charge in [0.15, 0.2) is 0 Å². The smallest absolute Gasteiger partial charge is 0.338 e. The van der Waals surface area contributed by atoms with E-state index in [2.05, 4.69) is 13.2 Å². The number of rotatable bonds is 12. The van der Waals surface area contributed by atoms with Crippen molar-refractivity contribution < 1.29 is 47.7 Å². The fourth-order valence-corrected chi connectivity index (χ4v) is 3.03. The fourth-order valence-electron chi connectivity index (χ4n) is 3.03. The lowest BCUT2D eigenvalue weighted by molar-refractivity contribution is -0.154. The van der Waals surface area contributed by atoms with Gasteiger partial charge in [0.25, 0.3) is 0 Å². The third-order valence-corrected chi connectivity index (χ3v) is 5.26. The van der Waals surface area contributed by atoms with Crippen LogP contribution in [0.4, 0.5) is 0 Å². The van der Waals surface area contributed by atoms with Gasteiger partial charge >= 0.3 is 29.8 Å². The number of ether oxygens (including phenoxy) is 5. The molecule has 0 aliphatic rings. The first-order chi connectivity index (χ1) is 19.2. The minimum absolute atomic E-state index is 0.0384. The van der Waals surface area contributed by atoms with E-state index in [9.17, 15) is 24.0 Å². The molecule has 0 atom stereocenters. The second-order valence-corrected chi connectivity index (χ2v) is 10.0. The van der Waals surface area contributed by atoms with Crippen LogP contribution in [0.3, 0.4) is 0 Å². The molecule has 0 radical (unpaired) electrons. The third-order valence-electron chi connectivity index (χ3n) is 5.26. The molecule has 0 spiro atoms. The van der Waals surface area contributed by atoms with E-state index < -0.39 is 35.3 Å². The van der Waals surface area contributed by atoms with Crippen molar-refractivity contribution in [2.75, 3.05) is 26.4 Å². The predicted octanol–water partition coefficient (Wildman–Crippen LogP) is 4.86. The highest BCUT2D eigenvalue weighted by Gasteiger charge is 2.23. The summed E-state index contributed by atoms with van der Waals surface area (Å²) in [7, 11) is 0. The van der Waals surface area contributed by atoms with Gasteiger partial charge in [0.05, 0.1) is 16.5 Å². The molecule has 0 unspecified atom stereocenters. The van der Waals surface area contributed by atoms with Crippen LogP contribution in [0.2, 0.25) is 0 Å². The average molecular weight is 567 g/mol. The van der Waals surface area contributed by atoms with Crippen LogP contribution in [0.25, 0.3) is 11.1 Å². The average Bonchev–Trinajstić information content (AvgIpc) is 2.92. The Labute approximate surface area is 238 Å². The van der Waals surface area contributed by atoms with Crippen LogP contribution in [0, 0.1) is 5.41 Å². The van der Waals surface area contributed by atoms with Gasteiger partial charge in [-0.25, -0.2) is 19.2 Å². The minimum atomic E-state index is -0.780. The topological polar surface area (TPSA) is 132 Å². The largest absolute Gasteiger partial charge is 0.462 e. The number of benzene rings is 2. The van der Waals surface area contributed by atoms with E-state index in [4.69, 9.17) is 23.7 Å². The van der Waals surface area contributed by atoms with Gasteiger partial charge in [0.1, 0.15) is 32.2 Å². The summed E-state index contributed by atoms with van der Waals surface area (Å²) in [5.74, 6) is -2.87. The molecular weight excluding hydrogens is 532 g/mol. The van der Waals surface area contributed by atoms with Crippen molar-refractivity contribution in [1.82, 2.24) is 0 Å². The molecule has 0 fully saturated rings. The van der Waals surface area contributed by atoms with E-state index in [0.717, 1.165) is 0 Å². The Balaban J connectivity index is 2.23. The molecule has 0 aliphatic heterocycles. The van der Waals surface area contributed by atoms with Crippen LogP contribution < -0.4 is 4.74 Å². The highest BCUT2D eigenvalue weighted by molar-refractivity contribution is 6.01. The van der Waals surface area contributed by atoms with E-state index in [1.54, 1.807) is 51.1 Å². The lowest BCUT2D eigenvalue weighted by Crippen LogP contribution is -2.25. The van der Waals surface area contributed by atoms with E-state index in [-0.39, 0.29) is 54.5 Å². The second kappa shape index (κ2) is 14.6. The Morgan fingerprint density at radius 1 is 0.683 bits per heavy atom. The van der Waals surface area contributed by atoms with Crippen LogP contribution in [-0.2, 0) is 33.3 Å². The van der Waals surface area contributed by atoms with Crippen molar-refractivity contribution in [3.63, 3.8) is 0 Å².